The quantitative estimate of drug-likeness (QED) is 0.327. The average Bonchev–Trinajstić information content (AvgIpc) is 2.38. The molecule has 0 aromatic heterocycles. The van der Waals surface area contributed by atoms with E-state index in [-0.39, 0.29) is 17.6 Å². The third kappa shape index (κ3) is 6.30. The number of unbranched alkanes of at least 4 members (excludes halogenated alkanes) is 2. The summed E-state index contributed by atoms with van der Waals surface area (Å²) in [6, 6.07) is 6.15. The summed E-state index contributed by atoms with van der Waals surface area (Å²) in [4.78, 5) is 15.6. The number of rotatable bonds is 7. The zero-order valence-corrected chi connectivity index (χ0v) is 10.8. The van der Waals surface area contributed by atoms with E-state index in [1.807, 2.05) is 0 Å². The fourth-order valence-electron chi connectivity index (χ4n) is 1.54. The van der Waals surface area contributed by atoms with Crippen molar-refractivity contribution in [1.29, 1.82) is 0 Å². The van der Waals surface area contributed by atoms with Gasteiger partial charge in [-0.15, -0.1) is 0 Å². The maximum atomic E-state index is 11.7. The number of aliphatic imine (C=N–C) groups is 1. The number of amides is 1. The number of carbonyl (C=O) groups excluding carboxylic acids is 1. The van der Waals surface area contributed by atoms with Gasteiger partial charge < -0.3 is 21.9 Å². The SMILES string of the molecule is NC(N)=NCCCCCNC(=O)c1ccc(O)cc1. The highest BCUT2D eigenvalue weighted by Gasteiger charge is 2.03. The van der Waals surface area contributed by atoms with Crippen molar-refractivity contribution in [3.8, 4) is 5.75 Å². The molecule has 104 valence electrons. The summed E-state index contributed by atoms with van der Waals surface area (Å²) >= 11 is 0. The normalized spacial score (nSPS) is 9.89. The molecular formula is C13H20N4O2. The fraction of sp³-hybridized carbons (Fsp3) is 0.385. The van der Waals surface area contributed by atoms with E-state index >= 15 is 0 Å². The van der Waals surface area contributed by atoms with Crippen LogP contribution in [-0.4, -0.2) is 30.1 Å². The number of benzene rings is 1. The van der Waals surface area contributed by atoms with E-state index in [0.29, 0.717) is 18.7 Å². The third-order valence-electron chi connectivity index (χ3n) is 2.54. The third-order valence-corrected chi connectivity index (χ3v) is 2.54. The second kappa shape index (κ2) is 7.97. The van der Waals surface area contributed by atoms with Crippen molar-refractivity contribution in [2.45, 2.75) is 19.3 Å². The number of phenols is 1. The molecule has 0 bridgehead atoms. The molecule has 0 fully saturated rings. The van der Waals surface area contributed by atoms with E-state index in [9.17, 15) is 4.79 Å². The minimum atomic E-state index is -0.135. The van der Waals surface area contributed by atoms with E-state index in [1.165, 1.54) is 12.1 Å². The van der Waals surface area contributed by atoms with Crippen molar-refractivity contribution in [2.75, 3.05) is 13.1 Å². The van der Waals surface area contributed by atoms with Crippen molar-refractivity contribution in [3.63, 3.8) is 0 Å². The van der Waals surface area contributed by atoms with E-state index in [0.717, 1.165) is 19.3 Å². The first-order valence-electron chi connectivity index (χ1n) is 6.22. The van der Waals surface area contributed by atoms with Crippen LogP contribution in [0.5, 0.6) is 5.75 Å². The van der Waals surface area contributed by atoms with Crippen LogP contribution in [0.3, 0.4) is 0 Å². The molecule has 0 atom stereocenters. The Balaban J connectivity index is 2.14. The van der Waals surface area contributed by atoms with Gasteiger partial charge in [0.2, 0.25) is 0 Å². The Morgan fingerprint density at radius 3 is 2.47 bits per heavy atom. The minimum Gasteiger partial charge on any atom is -0.508 e. The zero-order chi connectivity index (χ0) is 14.1. The maximum absolute atomic E-state index is 11.7. The first kappa shape index (κ1) is 14.8. The van der Waals surface area contributed by atoms with Crippen LogP contribution in [0.25, 0.3) is 0 Å². The van der Waals surface area contributed by atoms with E-state index in [4.69, 9.17) is 16.6 Å². The van der Waals surface area contributed by atoms with Crippen LogP contribution in [0.1, 0.15) is 29.6 Å². The summed E-state index contributed by atoms with van der Waals surface area (Å²) < 4.78 is 0. The fourth-order valence-corrected chi connectivity index (χ4v) is 1.54. The number of aromatic hydroxyl groups is 1. The van der Waals surface area contributed by atoms with Crippen molar-refractivity contribution in [3.05, 3.63) is 29.8 Å². The van der Waals surface area contributed by atoms with Crippen molar-refractivity contribution in [1.82, 2.24) is 5.32 Å². The molecule has 0 heterocycles. The van der Waals surface area contributed by atoms with Gasteiger partial charge in [0.25, 0.3) is 5.91 Å². The van der Waals surface area contributed by atoms with E-state index < -0.39 is 0 Å². The van der Waals surface area contributed by atoms with Crippen molar-refractivity contribution < 1.29 is 9.90 Å². The van der Waals surface area contributed by atoms with Crippen molar-refractivity contribution >= 4 is 11.9 Å². The molecule has 19 heavy (non-hydrogen) atoms. The van der Waals surface area contributed by atoms with Gasteiger partial charge >= 0.3 is 0 Å². The van der Waals surface area contributed by atoms with Crippen LogP contribution in [0.4, 0.5) is 0 Å². The molecule has 6 heteroatoms. The Morgan fingerprint density at radius 2 is 1.84 bits per heavy atom. The largest absolute Gasteiger partial charge is 0.508 e. The second-order valence-electron chi connectivity index (χ2n) is 4.17. The highest BCUT2D eigenvalue weighted by Crippen LogP contribution is 2.09. The van der Waals surface area contributed by atoms with Gasteiger partial charge in [-0.2, -0.15) is 0 Å². The lowest BCUT2D eigenvalue weighted by Crippen LogP contribution is -2.24. The molecule has 0 aliphatic carbocycles. The number of nitrogens with one attached hydrogen (secondary N) is 1. The zero-order valence-electron chi connectivity index (χ0n) is 10.8. The smallest absolute Gasteiger partial charge is 0.251 e. The second-order valence-corrected chi connectivity index (χ2v) is 4.17. The Morgan fingerprint density at radius 1 is 1.16 bits per heavy atom. The predicted molar refractivity (Wildman–Crippen MR) is 75.0 cm³/mol. The molecule has 0 radical (unpaired) electrons. The molecule has 0 saturated heterocycles. The number of carbonyl (C=O) groups is 1. The van der Waals surface area contributed by atoms with E-state index in [2.05, 4.69) is 10.3 Å². The van der Waals surface area contributed by atoms with Crippen LogP contribution in [0.15, 0.2) is 29.3 Å². The predicted octanol–water partition coefficient (Wildman–Crippen LogP) is 0.566. The van der Waals surface area contributed by atoms with Crippen LogP contribution < -0.4 is 16.8 Å². The van der Waals surface area contributed by atoms with Crippen LogP contribution >= 0.6 is 0 Å². The molecule has 1 rings (SSSR count). The lowest BCUT2D eigenvalue weighted by atomic mass is 10.2. The number of nitrogens with zero attached hydrogens (tertiary/aromatic N) is 1. The molecule has 1 amide bonds. The molecule has 0 unspecified atom stereocenters. The van der Waals surface area contributed by atoms with Crippen molar-refractivity contribution in [2.24, 2.45) is 16.5 Å². The first-order valence-corrected chi connectivity index (χ1v) is 6.22. The molecule has 1 aromatic carbocycles. The van der Waals surface area contributed by atoms with Crippen LogP contribution in [-0.2, 0) is 0 Å². The van der Waals surface area contributed by atoms with Gasteiger partial charge in [0.15, 0.2) is 5.96 Å². The van der Waals surface area contributed by atoms with Gasteiger partial charge in [-0.3, -0.25) is 9.79 Å². The standard InChI is InChI=1S/C13H20N4O2/c14-13(15)17-9-3-1-2-8-16-12(19)10-4-6-11(18)7-5-10/h4-7,18H,1-3,8-9H2,(H,16,19)(H4,14,15,17). The maximum Gasteiger partial charge on any atom is 0.251 e. The van der Waals surface area contributed by atoms with Gasteiger partial charge in [-0.05, 0) is 43.5 Å². The Bertz CT molecular complexity index is 425. The van der Waals surface area contributed by atoms with Gasteiger partial charge in [-0.1, -0.05) is 0 Å². The van der Waals surface area contributed by atoms with Gasteiger partial charge in [-0.25, -0.2) is 0 Å². The van der Waals surface area contributed by atoms with Crippen LogP contribution in [0.2, 0.25) is 0 Å². The highest BCUT2D eigenvalue weighted by molar-refractivity contribution is 5.94. The van der Waals surface area contributed by atoms with Crippen LogP contribution in [0, 0.1) is 0 Å². The summed E-state index contributed by atoms with van der Waals surface area (Å²) in [6.07, 6.45) is 2.73. The number of guanidine groups is 1. The lowest BCUT2D eigenvalue weighted by molar-refractivity contribution is 0.0953. The highest BCUT2D eigenvalue weighted by atomic mass is 16.3. The number of hydrogen-bond donors (Lipinski definition) is 4. The topological polar surface area (TPSA) is 114 Å². The number of hydrogen-bond acceptors (Lipinski definition) is 3. The van der Waals surface area contributed by atoms with Gasteiger partial charge in [0.1, 0.15) is 5.75 Å². The summed E-state index contributed by atoms with van der Waals surface area (Å²) in [5.74, 6) is 0.126. The van der Waals surface area contributed by atoms with E-state index in [1.54, 1.807) is 12.1 Å². The summed E-state index contributed by atoms with van der Waals surface area (Å²) in [7, 11) is 0. The molecule has 0 aliphatic rings. The monoisotopic (exact) mass is 264 g/mol. The average molecular weight is 264 g/mol. The molecule has 0 aliphatic heterocycles. The lowest BCUT2D eigenvalue weighted by Gasteiger charge is -2.05. The summed E-state index contributed by atoms with van der Waals surface area (Å²) in [6.45, 7) is 1.23. The molecular weight excluding hydrogens is 244 g/mol. The van der Waals surface area contributed by atoms with Gasteiger partial charge in [0, 0.05) is 18.7 Å². The Kier molecular flexibility index (Phi) is 6.21. The molecule has 0 saturated carbocycles. The Hall–Kier alpha value is -2.24. The molecule has 1 aromatic rings. The summed E-state index contributed by atoms with van der Waals surface area (Å²) in [5, 5.41) is 11.9. The number of phenolic OH excluding ortho intramolecular Hbond substituents is 1. The summed E-state index contributed by atoms with van der Waals surface area (Å²) in [5.41, 5.74) is 10.9. The number of nitrogens with two attached hydrogens (primary N) is 2. The minimum absolute atomic E-state index is 0.112. The molecule has 6 nitrogen and oxygen atoms in total. The molecule has 6 N–H and O–H groups in total. The van der Waals surface area contributed by atoms with Gasteiger partial charge in [0.05, 0.1) is 0 Å². The Labute approximate surface area is 112 Å². The first-order chi connectivity index (χ1) is 9.09. The molecule has 0 spiro atoms.